The molecule has 5 nitrogen and oxygen atoms in total. The zero-order chi connectivity index (χ0) is 16.2. The van der Waals surface area contributed by atoms with E-state index >= 15 is 0 Å². The van der Waals surface area contributed by atoms with E-state index in [1.807, 2.05) is 29.6 Å². The second kappa shape index (κ2) is 7.37. The zero-order valence-electron chi connectivity index (χ0n) is 12.4. The number of hydrogen-bond donors (Lipinski definition) is 0. The summed E-state index contributed by atoms with van der Waals surface area (Å²) in [5, 5.41) is 5.91. The van der Waals surface area contributed by atoms with Gasteiger partial charge in [0.25, 0.3) is 0 Å². The Morgan fingerprint density at radius 2 is 2.26 bits per heavy atom. The molecular formula is C15H14BrN3O2S2. The molecule has 3 aromatic heterocycles. The van der Waals surface area contributed by atoms with Crippen molar-refractivity contribution in [3.05, 3.63) is 44.2 Å². The normalized spacial score (nSPS) is 10.9. The van der Waals surface area contributed by atoms with Crippen molar-refractivity contribution in [1.29, 1.82) is 0 Å². The topological polar surface area (TPSA) is 59.2 Å². The van der Waals surface area contributed by atoms with Gasteiger partial charge in [-0.1, -0.05) is 11.2 Å². The highest BCUT2D eigenvalue weighted by Gasteiger charge is 2.14. The molecule has 0 fully saturated rings. The van der Waals surface area contributed by atoms with E-state index in [0.29, 0.717) is 31.1 Å². The molecule has 0 N–H and O–H groups in total. The van der Waals surface area contributed by atoms with E-state index in [2.05, 4.69) is 26.1 Å². The number of thiophene rings is 2. The number of nitrogens with zero attached hydrogens (tertiary/aromatic N) is 3. The molecular weight excluding hydrogens is 398 g/mol. The van der Waals surface area contributed by atoms with Crippen LogP contribution in [0.3, 0.4) is 0 Å². The Morgan fingerprint density at radius 1 is 1.39 bits per heavy atom. The summed E-state index contributed by atoms with van der Waals surface area (Å²) in [5.41, 5.74) is 0. The maximum absolute atomic E-state index is 12.2. The molecule has 0 radical (unpaired) electrons. The summed E-state index contributed by atoms with van der Waals surface area (Å²) in [4.78, 5) is 20.3. The second-order valence-electron chi connectivity index (χ2n) is 4.94. The van der Waals surface area contributed by atoms with Crippen LogP contribution in [0.4, 0.5) is 0 Å². The Morgan fingerprint density at radius 3 is 2.96 bits per heavy atom. The Bertz CT molecular complexity index is 782. The van der Waals surface area contributed by atoms with Crippen molar-refractivity contribution in [3.8, 4) is 10.7 Å². The number of amides is 1. The van der Waals surface area contributed by atoms with E-state index in [4.69, 9.17) is 4.52 Å². The van der Waals surface area contributed by atoms with Gasteiger partial charge in [0.05, 0.1) is 15.2 Å². The minimum atomic E-state index is 0.0606. The monoisotopic (exact) mass is 411 g/mol. The van der Waals surface area contributed by atoms with Crippen LogP contribution >= 0.6 is 38.6 Å². The highest BCUT2D eigenvalue weighted by Crippen LogP contribution is 2.23. The van der Waals surface area contributed by atoms with Crippen molar-refractivity contribution in [2.24, 2.45) is 0 Å². The zero-order valence-corrected chi connectivity index (χ0v) is 15.6. The van der Waals surface area contributed by atoms with Gasteiger partial charge in [0, 0.05) is 24.8 Å². The number of carbonyl (C=O) groups is 1. The molecule has 8 heteroatoms. The van der Waals surface area contributed by atoms with Gasteiger partial charge in [0.2, 0.25) is 17.6 Å². The largest absolute Gasteiger partial charge is 0.341 e. The first kappa shape index (κ1) is 16.4. The van der Waals surface area contributed by atoms with Crippen molar-refractivity contribution in [1.82, 2.24) is 15.0 Å². The quantitative estimate of drug-likeness (QED) is 0.609. The number of rotatable bonds is 6. The predicted molar refractivity (Wildman–Crippen MR) is 94.4 cm³/mol. The van der Waals surface area contributed by atoms with Crippen molar-refractivity contribution < 1.29 is 9.32 Å². The highest BCUT2D eigenvalue weighted by atomic mass is 79.9. The van der Waals surface area contributed by atoms with E-state index in [0.717, 1.165) is 13.5 Å². The molecule has 0 aromatic carbocycles. The molecule has 3 aromatic rings. The van der Waals surface area contributed by atoms with Crippen molar-refractivity contribution in [2.75, 3.05) is 7.05 Å². The molecule has 0 unspecified atom stereocenters. The molecule has 0 saturated carbocycles. The Balaban J connectivity index is 1.52. The third kappa shape index (κ3) is 4.27. The molecule has 23 heavy (non-hydrogen) atoms. The van der Waals surface area contributed by atoms with Gasteiger partial charge < -0.3 is 9.42 Å². The lowest BCUT2D eigenvalue weighted by atomic mass is 10.2. The molecule has 0 aliphatic rings. The van der Waals surface area contributed by atoms with Gasteiger partial charge in [-0.3, -0.25) is 4.79 Å². The van der Waals surface area contributed by atoms with Crippen LogP contribution in [-0.4, -0.2) is 28.0 Å². The van der Waals surface area contributed by atoms with Crippen molar-refractivity contribution in [3.63, 3.8) is 0 Å². The third-order valence-corrected chi connectivity index (χ3v) is 5.68. The number of hydrogen-bond acceptors (Lipinski definition) is 6. The van der Waals surface area contributed by atoms with E-state index in [-0.39, 0.29) is 5.91 Å². The van der Waals surface area contributed by atoms with Crippen molar-refractivity contribution in [2.45, 2.75) is 19.4 Å². The van der Waals surface area contributed by atoms with Gasteiger partial charge in [-0.25, -0.2) is 0 Å². The first-order valence-electron chi connectivity index (χ1n) is 6.96. The second-order valence-corrected chi connectivity index (χ2v) is 8.44. The summed E-state index contributed by atoms with van der Waals surface area (Å²) < 4.78 is 6.28. The number of carbonyl (C=O) groups excluding carboxylic acids is 1. The maximum Gasteiger partial charge on any atom is 0.227 e. The van der Waals surface area contributed by atoms with E-state index in [1.54, 1.807) is 34.6 Å². The fourth-order valence-electron chi connectivity index (χ4n) is 2.03. The molecule has 3 rings (SSSR count). The Kier molecular flexibility index (Phi) is 5.24. The molecule has 0 bridgehead atoms. The molecule has 0 aliphatic heterocycles. The van der Waals surface area contributed by atoms with Gasteiger partial charge in [0.1, 0.15) is 0 Å². The van der Waals surface area contributed by atoms with Crippen LogP contribution in [-0.2, 0) is 17.8 Å². The molecule has 0 atom stereocenters. The molecule has 120 valence electrons. The lowest BCUT2D eigenvalue weighted by Crippen LogP contribution is -2.26. The molecule has 1 amide bonds. The van der Waals surface area contributed by atoms with Crippen LogP contribution in [0, 0.1) is 0 Å². The lowest BCUT2D eigenvalue weighted by Gasteiger charge is -2.15. The summed E-state index contributed by atoms with van der Waals surface area (Å²) in [6, 6.07) is 7.89. The van der Waals surface area contributed by atoms with Crippen molar-refractivity contribution >= 4 is 44.5 Å². The molecule has 3 heterocycles. The summed E-state index contributed by atoms with van der Waals surface area (Å²) in [7, 11) is 1.81. The number of halogens is 1. The fraction of sp³-hybridized carbons (Fsp3) is 0.267. The van der Waals surface area contributed by atoms with Gasteiger partial charge in [-0.15, -0.1) is 22.7 Å². The summed E-state index contributed by atoms with van der Waals surface area (Å²) >= 11 is 6.62. The standard InChI is InChI=1S/C15H14BrN3O2S2/c1-19(9-10-4-5-12(16)23-10)14(20)7-6-13-17-15(18-21-13)11-3-2-8-22-11/h2-5,8H,6-7,9H2,1H3. The summed E-state index contributed by atoms with van der Waals surface area (Å²) in [6.07, 6.45) is 0.810. The van der Waals surface area contributed by atoms with E-state index < -0.39 is 0 Å². The minimum absolute atomic E-state index is 0.0606. The number of aromatic nitrogens is 2. The molecule has 0 spiro atoms. The van der Waals surface area contributed by atoms with Gasteiger partial charge in [-0.05, 0) is 39.5 Å². The fourth-order valence-corrected chi connectivity index (χ4v) is 4.21. The number of aryl methyl sites for hydroxylation is 1. The average molecular weight is 412 g/mol. The highest BCUT2D eigenvalue weighted by molar-refractivity contribution is 9.11. The maximum atomic E-state index is 12.2. The Labute approximate surface area is 150 Å². The van der Waals surface area contributed by atoms with E-state index in [1.165, 1.54) is 0 Å². The van der Waals surface area contributed by atoms with Gasteiger partial charge in [-0.2, -0.15) is 4.98 Å². The Hall–Kier alpha value is -1.51. The first-order valence-corrected chi connectivity index (χ1v) is 9.45. The average Bonchev–Trinajstić information content (AvgIpc) is 3.26. The summed E-state index contributed by atoms with van der Waals surface area (Å²) in [6.45, 7) is 0.610. The minimum Gasteiger partial charge on any atom is -0.341 e. The SMILES string of the molecule is CN(Cc1ccc(Br)s1)C(=O)CCc1nc(-c2cccs2)no1. The molecule has 0 aliphatic carbocycles. The third-order valence-electron chi connectivity index (χ3n) is 3.21. The van der Waals surface area contributed by atoms with Crippen LogP contribution in [0.1, 0.15) is 17.2 Å². The van der Waals surface area contributed by atoms with Gasteiger partial charge in [0.15, 0.2) is 0 Å². The smallest absolute Gasteiger partial charge is 0.227 e. The van der Waals surface area contributed by atoms with Crippen LogP contribution in [0.2, 0.25) is 0 Å². The van der Waals surface area contributed by atoms with Crippen LogP contribution in [0.15, 0.2) is 38.0 Å². The predicted octanol–water partition coefficient (Wildman–Crippen LogP) is 4.21. The molecule has 0 saturated heterocycles. The first-order chi connectivity index (χ1) is 11.1. The lowest BCUT2D eigenvalue weighted by molar-refractivity contribution is -0.130. The van der Waals surface area contributed by atoms with Crippen LogP contribution in [0.25, 0.3) is 10.7 Å². The van der Waals surface area contributed by atoms with Crippen LogP contribution < -0.4 is 0 Å². The van der Waals surface area contributed by atoms with Crippen LogP contribution in [0.5, 0.6) is 0 Å². The van der Waals surface area contributed by atoms with E-state index in [9.17, 15) is 4.79 Å². The summed E-state index contributed by atoms with van der Waals surface area (Å²) in [5.74, 6) is 1.14. The van der Waals surface area contributed by atoms with Gasteiger partial charge >= 0.3 is 0 Å².